The average Bonchev–Trinajstić information content (AvgIpc) is 2.69. The van der Waals surface area contributed by atoms with Gasteiger partial charge in [-0.05, 0) is 12.1 Å². The molecule has 0 atom stereocenters. The van der Waals surface area contributed by atoms with Crippen molar-refractivity contribution in [2.45, 2.75) is 0 Å². The molecule has 0 spiro atoms. The van der Waals surface area contributed by atoms with Crippen LogP contribution < -0.4 is 5.32 Å². The first kappa shape index (κ1) is 11.2. The Hall–Kier alpha value is -1.27. The monoisotopic (exact) mass is 244 g/mol. The van der Waals surface area contributed by atoms with Gasteiger partial charge in [0.1, 0.15) is 11.3 Å². The van der Waals surface area contributed by atoms with E-state index in [-0.39, 0.29) is 10.2 Å². The highest BCUT2D eigenvalue weighted by molar-refractivity contribution is 7.22. The second-order valence-electron chi connectivity index (χ2n) is 3.15. The molecule has 0 aliphatic rings. The van der Waals surface area contributed by atoms with Crippen LogP contribution in [0.25, 0.3) is 10.2 Å². The lowest BCUT2D eigenvalue weighted by Crippen LogP contribution is -2.06. The van der Waals surface area contributed by atoms with Crippen LogP contribution in [0.3, 0.4) is 0 Å². The second-order valence-corrected chi connectivity index (χ2v) is 4.14. The maximum Gasteiger partial charge on any atom is 0.184 e. The maximum absolute atomic E-state index is 13.3. The normalized spacial score (nSPS) is 10.9. The summed E-state index contributed by atoms with van der Waals surface area (Å²) in [6.45, 7) is 1.07. The molecule has 2 rings (SSSR count). The largest absolute Gasteiger partial charge is 0.383 e. The minimum Gasteiger partial charge on any atom is -0.383 e. The zero-order chi connectivity index (χ0) is 11.5. The van der Waals surface area contributed by atoms with Gasteiger partial charge in [-0.2, -0.15) is 0 Å². The second kappa shape index (κ2) is 4.71. The standard InChI is InChI=1S/C10H10F2N2OS/c1-15-5-4-13-10-14-8-6(11)2-3-7(12)9(8)16-10/h2-3H,4-5H2,1H3,(H,13,14). The van der Waals surface area contributed by atoms with Crippen molar-refractivity contribution in [2.24, 2.45) is 0 Å². The molecule has 1 N–H and O–H groups in total. The van der Waals surface area contributed by atoms with Gasteiger partial charge < -0.3 is 10.1 Å². The van der Waals surface area contributed by atoms with Gasteiger partial charge in [0.2, 0.25) is 0 Å². The third-order valence-electron chi connectivity index (χ3n) is 2.03. The molecule has 0 saturated carbocycles. The Bertz CT molecular complexity index is 462. The van der Waals surface area contributed by atoms with Crippen LogP contribution in [0.1, 0.15) is 0 Å². The Morgan fingerprint density at radius 1 is 1.38 bits per heavy atom. The first-order valence-electron chi connectivity index (χ1n) is 4.69. The van der Waals surface area contributed by atoms with Crippen molar-refractivity contribution in [3.05, 3.63) is 23.8 Å². The van der Waals surface area contributed by atoms with E-state index in [0.717, 1.165) is 23.5 Å². The summed E-state index contributed by atoms with van der Waals surface area (Å²) >= 11 is 1.10. The van der Waals surface area contributed by atoms with Gasteiger partial charge in [0.15, 0.2) is 10.9 Å². The van der Waals surface area contributed by atoms with E-state index in [2.05, 4.69) is 10.3 Å². The number of thiazole rings is 1. The Morgan fingerprint density at radius 2 is 2.12 bits per heavy atom. The summed E-state index contributed by atoms with van der Waals surface area (Å²) in [7, 11) is 1.58. The number of hydrogen-bond acceptors (Lipinski definition) is 4. The number of ether oxygens (including phenoxy) is 1. The summed E-state index contributed by atoms with van der Waals surface area (Å²) in [6.07, 6.45) is 0. The summed E-state index contributed by atoms with van der Waals surface area (Å²) < 4.78 is 31.7. The van der Waals surface area contributed by atoms with Gasteiger partial charge in [-0.3, -0.25) is 0 Å². The van der Waals surface area contributed by atoms with Crippen LogP contribution in [0.2, 0.25) is 0 Å². The number of halogens is 2. The zero-order valence-corrected chi connectivity index (χ0v) is 9.41. The summed E-state index contributed by atoms with van der Waals surface area (Å²) in [4.78, 5) is 3.98. The Labute approximate surface area is 95.1 Å². The number of fused-ring (bicyclic) bond motifs is 1. The van der Waals surface area contributed by atoms with E-state index >= 15 is 0 Å². The van der Waals surface area contributed by atoms with E-state index in [9.17, 15) is 8.78 Å². The number of nitrogens with one attached hydrogen (secondary N) is 1. The van der Waals surface area contributed by atoms with E-state index in [1.54, 1.807) is 7.11 Å². The molecule has 0 aliphatic heterocycles. The molecular weight excluding hydrogens is 234 g/mol. The topological polar surface area (TPSA) is 34.1 Å². The molecule has 0 aliphatic carbocycles. The summed E-state index contributed by atoms with van der Waals surface area (Å²) in [5.74, 6) is -0.957. The van der Waals surface area contributed by atoms with Crippen LogP contribution in [-0.4, -0.2) is 25.2 Å². The molecule has 0 radical (unpaired) electrons. The molecule has 6 heteroatoms. The Kier molecular flexibility index (Phi) is 3.31. The fourth-order valence-corrected chi connectivity index (χ4v) is 2.19. The molecule has 0 saturated heterocycles. The minimum absolute atomic E-state index is 0.0740. The Morgan fingerprint density at radius 3 is 2.81 bits per heavy atom. The fourth-order valence-electron chi connectivity index (χ4n) is 1.28. The quantitative estimate of drug-likeness (QED) is 0.839. The Balaban J connectivity index is 2.29. The number of benzene rings is 1. The summed E-state index contributed by atoms with van der Waals surface area (Å²) in [6, 6.07) is 2.19. The summed E-state index contributed by atoms with van der Waals surface area (Å²) in [5.41, 5.74) is 0.0740. The van der Waals surface area contributed by atoms with Gasteiger partial charge >= 0.3 is 0 Å². The van der Waals surface area contributed by atoms with Crippen molar-refractivity contribution < 1.29 is 13.5 Å². The molecule has 0 bridgehead atoms. The molecule has 0 unspecified atom stereocenters. The lowest BCUT2D eigenvalue weighted by Gasteiger charge is -1.99. The first-order valence-corrected chi connectivity index (χ1v) is 5.51. The van der Waals surface area contributed by atoms with Gasteiger partial charge in [0, 0.05) is 13.7 Å². The molecular formula is C10H10F2N2OS. The van der Waals surface area contributed by atoms with Crippen LogP contribution in [0.4, 0.5) is 13.9 Å². The van der Waals surface area contributed by atoms with Crippen molar-refractivity contribution in [1.82, 2.24) is 4.98 Å². The van der Waals surface area contributed by atoms with Crippen molar-refractivity contribution >= 4 is 26.7 Å². The van der Waals surface area contributed by atoms with Crippen LogP contribution in [-0.2, 0) is 4.74 Å². The molecule has 0 amide bonds. The van der Waals surface area contributed by atoms with Gasteiger partial charge in [0.25, 0.3) is 0 Å². The molecule has 1 aromatic heterocycles. The SMILES string of the molecule is COCCNc1nc2c(F)ccc(F)c2s1. The van der Waals surface area contributed by atoms with E-state index in [4.69, 9.17) is 4.74 Å². The first-order chi connectivity index (χ1) is 7.72. The van der Waals surface area contributed by atoms with Crippen molar-refractivity contribution in [3.63, 3.8) is 0 Å². The number of hydrogen-bond donors (Lipinski definition) is 1. The number of rotatable bonds is 4. The van der Waals surface area contributed by atoms with Crippen LogP contribution in [0, 0.1) is 11.6 Å². The molecule has 16 heavy (non-hydrogen) atoms. The number of anilines is 1. The molecule has 3 nitrogen and oxygen atoms in total. The third-order valence-corrected chi connectivity index (χ3v) is 3.05. The summed E-state index contributed by atoms with van der Waals surface area (Å²) in [5, 5.41) is 3.43. The van der Waals surface area contributed by atoms with Gasteiger partial charge in [-0.15, -0.1) is 0 Å². The highest BCUT2D eigenvalue weighted by Crippen LogP contribution is 2.29. The van der Waals surface area contributed by atoms with Crippen molar-refractivity contribution in [2.75, 3.05) is 25.6 Å². The van der Waals surface area contributed by atoms with E-state index in [0.29, 0.717) is 18.3 Å². The van der Waals surface area contributed by atoms with Crippen molar-refractivity contribution in [3.8, 4) is 0 Å². The highest BCUT2D eigenvalue weighted by atomic mass is 32.1. The maximum atomic E-state index is 13.3. The smallest absolute Gasteiger partial charge is 0.184 e. The highest BCUT2D eigenvalue weighted by Gasteiger charge is 2.11. The van der Waals surface area contributed by atoms with Crippen LogP contribution >= 0.6 is 11.3 Å². The molecule has 0 fully saturated rings. The predicted molar refractivity (Wildman–Crippen MR) is 59.9 cm³/mol. The molecule has 1 aromatic carbocycles. The molecule has 2 aromatic rings. The van der Waals surface area contributed by atoms with E-state index in [1.807, 2.05) is 0 Å². The van der Waals surface area contributed by atoms with Gasteiger partial charge in [0.05, 0.1) is 11.3 Å². The average molecular weight is 244 g/mol. The molecule has 86 valence electrons. The van der Waals surface area contributed by atoms with Gasteiger partial charge in [-0.25, -0.2) is 13.8 Å². The number of methoxy groups -OCH3 is 1. The molecule has 1 heterocycles. The van der Waals surface area contributed by atoms with E-state index < -0.39 is 11.6 Å². The van der Waals surface area contributed by atoms with Gasteiger partial charge in [-0.1, -0.05) is 11.3 Å². The third kappa shape index (κ3) is 2.12. The zero-order valence-electron chi connectivity index (χ0n) is 8.59. The number of aromatic nitrogens is 1. The van der Waals surface area contributed by atoms with Crippen LogP contribution in [0.5, 0.6) is 0 Å². The van der Waals surface area contributed by atoms with E-state index in [1.165, 1.54) is 0 Å². The minimum atomic E-state index is -0.507. The lowest BCUT2D eigenvalue weighted by atomic mass is 10.3. The number of nitrogens with zero attached hydrogens (tertiary/aromatic N) is 1. The predicted octanol–water partition coefficient (Wildman–Crippen LogP) is 2.63. The lowest BCUT2D eigenvalue weighted by molar-refractivity contribution is 0.211. The van der Waals surface area contributed by atoms with Crippen LogP contribution in [0.15, 0.2) is 12.1 Å². The van der Waals surface area contributed by atoms with Crippen molar-refractivity contribution in [1.29, 1.82) is 0 Å². The fraction of sp³-hybridized carbons (Fsp3) is 0.300.